The normalized spacial score (nSPS) is 20.1. The molecule has 0 aromatic carbocycles. The van der Waals surface area contributed by atoms with E-state index in [0.717, 1.165) is 18.5 Å². The summed E-state index contributed by atoms with van der Waals surface area (Å²) in [5, 5.41) is 0. The first-order valence-corrected chi connectivity index (χ1v) is 4.65. The minimum atomic E-state index is 0.578. The van der Waals surface area contributed by atoms with Crippen molar-refractivity contribution in [2.75, 3.05) is 0 Å². The van der Waals surface area contributed by atoms with Crippen molar-refractivity contribution in [3.8, 4) is 0 Å². The molecule has 13 heavy (non-hydrogen) atoms. The smallest absolute Gasteiger partial charge is 0.0453 e. The summed E-state index contributed by atoms with van der Waals surface area (Å²) in [7, 11) is 0. The van der Waals surface area contributed by atoms with Crippen molar-refractivity contribution in [2.24, 2.45) is 5.73 Å². The Morgan fingerprint density at radius 2 is 2.00 bits per heavy atom. The molecule has 1 aromatic rings. The zero-order valence-electron chi connectivity index (χ0n) is 7.59. The Kier molecular flexibility index (Phi) is 2.32. The molecule has 0 bridgehead atoms. The van der Waals surface area contributed by atoms with E-state index in [-0.39, 0.29) is 0 Å². The zero-order valence-corrected chi connectivity index (χ0v) is 7.59. The Bertz CT molecular complexity index is 313. The molecule has 1 heterocycles. The van der Waals surface area contributed by atoms with Crippen LogP contribution in [-0.2, 0) is 6.54 Å². The number of allylic oxidation sites excluding steroid dienone is 2. The fourth-order valence-electron chi connectivity index (χ4n) is 1.54. The van der Waals surface area contributed by atoms with Crippen molar-refractivity contribution >= 4 is 12.2 Å². The Morgan fingerprint density at radius 1 is 1.23 bits per heavy atom. The third-order valence-corrected chi connectivity index (χ3v) is 2.24. The monoisotopic (exact) mass is 174 g/mol. The lowest BCUT2D eigenvalue weighted by Gasteiger charge is -1.96. The van der Waals surface area contributed by atoms with Crippen molar-refractivity contribution in [1.82, 2.24) is 4.98 Å². The predicted molar refractivity (Wildman–Crippen MR) is 56.0 cm³/mol. The summed E-state index contributed by atoms with van der Waals surface area (Å²) < 4.78 is 0. The van der Waals surface area contributed by atoms with Crippen molar-refractivity contribution in [3.05, 3.63) is 35.2 Å². The quantitative estimate of drug-likeness (QED) is 0.674. The van der Waals surface area contributed by atoms with Gasteiger partial charge in [-0.3, -0.25) is 0 Å². The molecule has 2 rings (SSSR count). The Hall–Kier alpha value is -1.28. The highest BCUT2D eigenvalue weighted by Gasteiger charge is 2.02. The third kappa shape index (κ3) is 1.73. The number of hydrogen-bond acceptors (Lipinski definition) is 1. The molecule has 0 fully saturated rings. The molecule has 1 aliphatic rings. The van der Waals surface area contributed by atoms with E-state index in [1.165, 1.54) is 11.3 Å². The summed E-state index contributed by atoms with van der Waals surface area (Å²) in [5.41, 5.74) is 9.08. The van der Waals surface area contributed by atoms with E-state index >= 15 is 0 Å². The van der Waals surface area contributed by atoms with Crippen LogP contribution < -0.4 is 5.73 Å². The van der Waals surface area contributed by atoms with Crippen molar-refractivity contribution < 1.29 is 0 Å². The zero-order chi connectivity index (χ0) is 9.10. The number of aromatic nitrogens is 1. The van der Waals surface area contributed by atoms with Gasteiger partial charge in [0, 0.05) is 17.9 Å². The van der Waals surface area contributed by atoms with Crippen LogP contribution in [0.4, 0.5) is 0 Å². The summed E-state index contributed by atoms with van der Waals surface area (Å²) in [6, 6.07) is 2.11. The molecular weight excluding hydrogens is 160 g/mol. The van der Waals surface area contributed by atoms with Gasteiger partial charge in [-0.1, -0.05) is 18.2 Å². The van der Waals surface area contributed by atoms with E-state index in [4.69, 9.17) is 5.73 Å². The average Bonchev–Trinajstić information content (AvgIpc) is 2.47. The topological polar surface area (TPSA) is 41.8 Å². The fourth-order valence-corrected chi connectivity index (χ4v) is 1.54. The molecule has 1 aliphatic carbocycles. The average molecular weight is 174 g/mol. The third-order valence-electron chi connectivity index (χ3n) is 2.24. The molecule has 2 nitrogen and oxygen atoms in total. The van der Waals surface area contributed by atoms with Crippen LogP contribution in [0.15, 0.2) is 18.2 Å². The van der Waals surface area contributed by atoms with Crippen LogP contribution in [0.25, 0.3) is 12.2 Å². The highest BCUT2D eigenvalue weighted by atomic mass is 14.8. The van der Waals surface area contributed by atoms with Gasteiger partial charge < -0.3 is 10.7 Å². The van der Waals surface area contributed by atoms with E-state index in [9.17, 15) is 0 Å². The van der Waals surface area contributed by atoms with Crippen LogP contribution >= 0.6 is 0 Å². The molecule has 0 radical (unpaired) electrons. The van der Waals surface area contributed by atoms with E-state index in [1.54, 1.807) is 0 Å². The highest BCUT2D eigenvalue weighted by Crippen LogP contribution is 2.17. The van der Waals surface area contributed by atoms with E-state index in [2.05, 4.69) is 35.4 Å². The molecule has 3 N–H and O–H groups in total. The van der Waals surface area contributed by atoms with Crippen LogP contribution in [0, 0.1) is 0 Å². The maximum Gasteiger partial charge on any atom is 0.0453 e. The molecule has 0 spiro atoms. The van der Waals surface area contributed by atoms with Crippen LogP contribution in [-0.4, -0.2) is 4.98 Å². The summed E-state index contributed by atoms with van der Waals surface area (Å²) in [6.07, 6.45) is 10.9. The maximum atomic E-state index is 5.56. The summed E-state index contributed by atoms with van der Waals surface area (Å²) in [5.74, 6) is 0. The van der Waals surface area contributed by atoms with Crippen LogP contribution in [0.1, 0.15) is 29.8 Å². The maximum absolute atomic E-state index is 5.56. The lowest BCUT2D eigenvalue weighted by Crippen LogP contribution is -1.95. The van der Waals surface area contributed by atoms with Gasteiger partial charge in [-0.25, -0.2) is 0 Å². The van der Waals surface area contributed by atoms with Gasteiger partial charge in [0.05, 0.1) is 0 Å². The molecule has 0 atom stereocenters. The molecule has 0 unspecified atom stereocenters. The number of fused-ring (bicyclic) bond motifs is 1. The Balaban J connectivity index is 2.42. The largest absolute Gasteiger partial charge is 0.357 e. The first-order valence-electron chi connectivity index (χ1n) is 4.65. The van der Waals surface area contributed by atoms with Crippen molar-refractivity contribution in [3.63, 3.8) is 0 Å². The number of nitrogens with one attached hydrogen (secondary N) is 1. The first-order chi connectivity index (χ1) is 6.40. The minimum absolute atomic E-state index is 0.578. The van der Waals surface area contributed by atoms with Gasteiger partial charge in [-0.15, -0.1) is 0 Å². The van der Waals surface area contributed by atoms with Gasteiger partial charge in [-0.2, -0.15) is 0 Å². The van der Waals surface area contributed by atoms with Gasteiger partial charge in [-0.05, 0) is 30.5 Å². The molecule has 68 valence electrons. The van der Waals surface area contributed by atoms with Gasteiger partial charge in [0.15, 0.2) is 0 Å². The van der Waals surface area contributed by atoms with Gasteiger partial charge in [0.25, 0.3) is 0 Å². The highest BCUT2D eigenvalue weighted by molar-refractivity contribution is 5.64. The minimum Gasteiger partial charge on any atom is -0.357 e. The van der Waals surface area contributed by atoms with Crippen LogP contribution in [0.5, 0.6) is 0 Å². The van der Waals surface area contributed by atoms with E-state index in [1.807, 2.05) is 0 Å². The van der Waals surface area contributed by atoms with Crippen LogP contribution in [0.2, 0.25) is 0 Å². The predicted octanol–water partition coefficient (Wildman–Crippen LogP) is 2.29. The second-order valence-corrected chi connectivity index (χ2v) is 3.25. The summed E-state index contributed by atoms with van der Waals surface area (Å²) in [6.45, 7) is 0.578. The lowest BCUT2D eigenvalue weighted by molar-refractivity contribution is 1.01. The van der Waals surface area contributed by atoms with Gasteiger partial charge in [0.1, 0.15) is 0 Å². The first kappa shape index (κ1) is 8.32. The van der Waals surface area contributed by atoms with Gasteiger partial charge >= 0.3 is 0 Å². The lowest BCUT2D eigenvalue weighted by atomic mass is 10.1. The standard InChI is InChI=1S/C11H14N2/c12-8-10-7-9-5-3-1-2-4-6-11(9)13-10/h3-7,13H,1-2,8,12H2/b5-3-,6-4-. The number of hydrogen-bond donors (Lipinski definition) is 2. The molecule has 0 saturated carbocycles. The fraction of sp³-hybridized carbons (Fsp3) is 0.273. The number of rotatable bonds is 1. The second kappa shape index (κ2) is 3.62. The van der Waals surface area contributed by atoms with E-state index < -0.39 is 0 Å². The molecule has 0 saturated heterocycles. The van der Waals surface area contributed by atoms with Crippen molar-refractivity contribution in [1.29, 1.82) is 0 Å². The molecule has 0 aliphatic heterocycles. The number of H-pyrrole nitrogens is 1. The molecule has 1 aromatic heterocycles. The Morgan fingerprint density at radius 3 is 2.77 bits per heavy atom. The second-order valence-electron chi connectivity index (χ2n) is 3.25. The number of nitrogens with two attached hydrogens (primary N) is 1. The van der Waals surface area contributed by atoms with E-state index in [0.29, 0.717) is 6.54 Å². The van der Waals surface area contributed by atoms with Gasteiger partial charge in [0.2, 0.25) is 0 Å². The molecule has 2 heteroatoms. The SMILES string of the molecule is NCc1cc2c([nH]1)/C=C\CC/C=C\2. The number of aromatic amines is 1. The summed E-state index contributed by atoms with van der Waals surface area (Å²) >= 11 is 0. The van der Waals surface area contributed by atoms with Crippen molar-refractivity contribution in [2.45, 2.75) is 19.4 Å². The van der Waals surface area contributed by atoms with Crippen LogP contribution in [0.3, 0.4) is 0 Å². The molecule has 0 amide bonds. The molecular formula is C11H14N2. The Labute approximate surface area is 78.2 Å². The summed E-state index contributed by atoms with van der Waals surface area (Å²) in [4.78, 5) is 3.29.